The summed E-state index contributed by atoms with van der Waals surface area (Å²) < 4.78 is -0.850. The molecule has 4 nitrogen and oxygen atoms in total. The first-order valence-corrected chi connectivity index (χ1v) is 10.7. The Labute approximate surface area is 167 Å². The van der Waals surface area contributed by atoms with Crippen molar-refractivity contribution in [2.45, 2.75) is 30.0 Å². The molecule has 3 fully saturated rings. The summed E-state index contributed by atoms with van der Waals surface area (Å²) in [5.74, 6) is -0.0574. The summed E-state index contributed by atoms with van der Waals surface area (Å²) in [4.78, 5) is 28.7. The van der Waals surface area contributed by atoms with Crippen LogP contribution in [0.5, 0.6) is 0 Å². The number of alkyl halides is 2. The van der Waals surface area contributed by atoms with Gasteiger partial charge in [0.25, 0.3) is 0 Å². The first-order valence-electron chi connectivity index (χ1n) is 9.04. The van der Waals surface area contributed by atoms with E-state index in [9.17, 15) is 9.59 Å². The van der Waals surface area contributed by atoms with Crippen LogP contribution in [0, 0.1) is 11.3 Å². The Morgan fingerprint density at radius 1 is 1.15 bits per heavy atom. The summed E-state index contributed by atoms with van der Waals surface area (Å²) in [7, 11) is 0. The van der Waals surface area contributed by atoms with Crippen LogP contribution in [0.2, 0.25) is 0 Å². The molecular formula is C19H22Cl2N2O2S. The third kappa shape index (κ3) is 3.67. The molecule has 2 amide bonds. The zero-order chi connectivity index (χ0) is 18.4. The molecule has 3 heterocycles. The molecule has 1 saturated carbocycles. The van der Waals surface area contributed by atoms with Crippen molar-refractivity contribution in [1.82, 2.24) is 9.80 Å². The maximum Gasteiger partial charge on any atom is 0.246 e. The van der Waals surface area contributed by atoms with Gasteiger partial charge in [-0.15, -0.1) is 23.2 Å². The minimum absolute atomic E-state index is 0.0732. The van der Waals surface area contributed by atoms with Crippen LogP contribution < -0.4 is 0 Å². The smallest absolute Gasteiger partial charge is 0.246 e. The Balaban J connectivity index is 1.29. The minimum Gasteiger partial charge on any atom is -0.342 e. The lowest BCUT2D eigenvalue weighted by Crippen LogP contribution is -2.44. The highest BCUT2D eigenvalue weighted by atomic mass is 35.5. The number of carbonyl (C=O) groups is 2. The van der Waals surface area contributed by atoms with E-state index in [1.54, 1.807) is 17.4 Å². The van der Waals surface area contributed by atoms with E-state index in [-0.39, 0.29) is 23.1 Å². The van der Waals surface area contributed by atoms with Crippen molar-refractivity contribution in [3.05, 3.63) is 28.5 Å². The predicted molar refractivity (Wildman–Crippen MR) is 105 cm³/mol. The van der Waals surface area contributed by atoms with Crippen molar-refractivity contribution in [3.8, 4) is 0 Å². The quantitative estimate of drug-likeness (QED) is 0.559. The van der Waals surface area contributed by atoms with Crippen molar-refractivity contribution in [2.24, 2.45) is 11.3 Å². The third-order valence-corrected chi connectivity index (χ3v) is 7.51. The fourth-order valence-electron chi connectivity index (χ4n) is 4.08. The molecular weight excluding hydrogens is 391 g/mol. The molecule has 4 rings (SSSR count). The molecule has 1 spiro atoms. The van der Waals surface area contributed by atoms with E-state index in [0.29, 0.717) is 6.42 Å². The van der Waals surface area contributed by atoms with Crippen LogP contribution in [0.25, 0.3) is 6.08 Å². The lowest BCUT2D eigenvalue weighted by atomic mass is 9.78. The minimum atomic E-state index is -0.850. The second-order valence-electron chi connectivity index (χ2n) is 7.74. The summed E-state index contributed by atoms with van der Waals surface area (Å²) >= 11 is 13.7. The van der Waals surface area contributed by atoms with Crippen LogP contribution >= 0.6 is 34.5 Å². The van der Waals surface area contributed by atoms with E-state index in [4.69, 9.17) is 23.2 Å². The molecule has 7 heteroatoms. The largest absolute Gasteiger partial charge is 0.342 e. The number of amides is 2. The first-order chi connectivity index (χ1) is 12.4. The number of nitrogens with zero attached hydrogens (tertiary/aromatic N) is 2. The van der Waals surface area contributed by atoms with Crippen LogP contribution in [0.4, 0.5) is 0 Å². The van der Waals surface area contributed by atoms with E-state index >= 15 is 0 Å². The molecule has 1 aliphatic carbocycles. The van der Waals surface area contributed by atoms with Crippen molar-refractivity contribution in [3.63, 3.8) is 0 Å². The van der Waals surface area contributed by atoms with E-state index in [2.05, 4.69) is 0 Å². The fraction of sp³-hybridized carbons (Fsp3) is 0.579. The highest BCUT2D eigenvalue weighted by molar-refractivity contribution is 7.08. The molecule has 0 radical (unpaired) electrons. The molecule has 1 aromatic rings. The van der Waals surface area contributed by atoms with Crippen molar-refractivity contribution in [1.29, 1.82) is 0 Å². The summed E-state index contributed by atoms with van der Waals surface area (Å²) in [6, 6.07) is 2.00. The molecule has 26 heavy (non-hydrogen) atoms. The average molecular weight is 413 g/mol. The Morgan fingerprint density at radius 3 is 2.38 bits per heavy atom. The molecule has 0 aromatic carbocycles. The molecule has 140 valence electrons. The van der Waals surface area contributed by atoms with Gasteiger partial charge in [0, 0.05) is 32.3 Å². The predicted octanol–water partition coefficient (Wildman–Crippen LogP) is 3.80. The summed E-state index contributed by atoms with van der Waals surface area (Å²) in [6.07, 6.45) is 7.02. The molecule has 2 aliphatic heterocycles. The van der Waals surface area contributed by atoms with Gasteiger partial charge in [0.05, 0.1) is 5.92 Å². The molecule has 3 aliphatic rings. The van der Waals surface area contributed by atoms with Crippen LogP contribution in [0.15, 0.2) is 22.9 Å². The third-order valence-electron chi connectivity index (χ3n) is 5.97. The van der Waals surface area contributed by atoms with Crippen molar-refractivity contribution in [2.75, 3.05) is 26.2 Å². The zero-order valence-corrected chi connectivity index (χ0v) is 16.8. The monoisotopic (exact) mass is 412 g/mol. The summed E-state index contributed by atoms with van der Waals surface area (Å²) in [5.41, 5.74) is 1.22. The second kappa shape index (κ2) is 6.84. The van der Waals surface area contributed by atoms with Gasteiger partial charge in [0.1, 0.15) is 4.33 Å². The number of thiophene rings is 1. The van der Waals surface area contributed by atoms with Crippen LogP contribution in [-0.4, -0.2) is 52.1 Å². The van der Waals surface area contributed by atoms with Gasteiger partial charge in [0.2, 0.25) is 11.8 Å². The molecule has 1 atom stereocenters. The molecule has 1 unspecified atom stereocenters. The van der Waals surface area contributed by atoms with Gasteiger partial charge in [-0.3, -0.25) is 9.59 Å². The molecule has 2 saturated heterocycles. The molecule has 1 aromatic heterocycles. The molecule has 0 bridgehead atoms. The number of hydrogen-bond acceptors (Lipinski definition) is 3. The SMILES string of the molecule is O=C(/C=C/c1ccsc1)N1CCC2(CC1)CCN(C(=O)C1CC1(Cl)Cl)C2. The standard InChI is InChI=1S/C19H22Cl2N2O2S/c20-19(21)11-15(19)17(25)23-9-6-18(13-23)4-7-22(8-5-18)16(24)2-1-14-3-10-26-12-14/h1-3,10,12,15H,4-9,11,13H2/b2-1+. The Kier molecular flexibility index (Phi) is 4.82. The average Bonchev–Trinajstić information content (AvgIpc) is 3.03. The van der Waals surface area contributed by atoms with Crippen LogP contribution in [-0.2, 0) is 9.59 Å². The van der Waals surface area contributed by atoms with Gasteiger partial charge in [0.15, 0.2) is 0 Å². The number of carbonyl (C=O) groups excluding carboxylic acids is 2. The number of likely N-dealkylation sites (tertiary alicyclic amines) is 2. The fourth-order valence-corrected chi connectivity index (χ4v) is 5.20. The van der Waals surface area contributed by atoms with E-state index in [1.165, 1.54) is 0 Å². The van der Waals surface area contributed by atoms with Crippen LogP contribution in [0.1, 0.15) is 31.2 Å². The zero-order valence-electron chi connectivity index (χ0n) is 14.5. The second-order valence-corrected chi connectivity index (χ2v) is 10.1. The van der Waals surface area contributed by atoms with E-state index in [1.807, 2.05) is 32.7 Å². The maximum atomic E-state index is 12.5. The number of hydrogen-bond donors (Lipinski definition) is 0. The maximum absolute atomic E-state index is 12.5. The van der Waals surface area contributed by atoms with Gasteiger partial charge < -0.3 is 9.80 Å². The summed E-state index contributed by atoms with van der Waals surface area (Å²) in [6.45, 7) is 3.07. The van der Waals surface area contributed by atoms with Gasteiger partial charge in [-0.25, -0.2) is 0 Å². The van der Waals surface area contributed by atoms with E-state index in [0.717, 1.165) is 51.0 Å². The highest BCUT2D eigenvalue weighted by Crippen LogP contribution is 2.54. The van der Waals surface area contributed by atoms with E-state index < -0.39 is 4.33 Å². The topological polar surface area (TPSA) is 40.6 Å². The van der Waals surface area contributed by atoms with Crippen LogP contribution in [0.3, 0.4) is 0 Å². The number of piperidine rings is 1. The highest BCUT2D eigenvalue weighted by Gasteiger charge is 2.58. The Hall–Kier alpha value is -1.04. The first kappa shape index (κ1) is 18.3. The summed E-state index contributed by atoms with van der Waals surface area (Å²) in [5, 5.41) is 4.03. The normalized spacial score (nSPS) is 26.6. The Morgan fingerprint density at radius 2 is 1.81 bits per heavy atom. The Bertz CT molecular complexity index is 724. The number of halogens is 2. The van der Waals surface area contributed by atoms with Crippen molar-refractivity contribution < 1.29 is 9.59 Å². The molecule has 0 N–H and O–H groups in total. The van der Waals surface area contributed by atoms with Gasteiger partial charge in [-0.1, -0.05) is 0 Å². The van der Waals surface area contributed by atoms with Crippen molar-refractivity contribution >= 4 is 52.4 Å². The number of rotatable bonds is 3. The van der Waals surface area contributed by atoms with Gasteiger partial charge in [-0.05, 0) is 59.6 Å². The lowest BCUT2D eigenvalue weighted by Gasteiger charge is -2.39. The lowest BCUT2D eigenvalue weighted by molar-refractivity contribution is -0.133. The van der Waals surface area contributed by atoms with Gasteiger partial charge >= 0.3 is 0 Å². The van der Waals surface area contributed by atoms with Gasteiger partial charge in [-0.2, -0.15) is 11.3 Å².